The molecule has 1 amide bonds. The fraction of sp³-hybridized carbons (Fsp3) is 0.357. The van der Waals surface area contributed by atoms with E-state index in [1.165, 1.54) is 11.2 Å². The monoisotopic (exact) mass is 315 g/mol. The summed E-state index contributed by atoms with van der Waals surface area (Å²) in [5.74, 6) is -0.949. The van der Waals surface area contributed by atoms with Crippen molar-refractivity contribution in [2.24, 2.45) is 0 Å². The maximum Gasteiger partial charge on any atom is 0.437 e. The third kappa shape index (κ3) is 4.08. The molecule has 2 heterocycles. The second-order valence-electron chi connectivity index (χ2n) is 4.51. The van der Waals surface area contributed by atoms with Crippen molar-refractivity contribution in [2.45, 2.75) is 19.4 Å². The lowest BCUT2D eigenvalue weighted by Gasteiger charge is -2.19. The zero-order valence-corrected chi connectivity index (χ0v) is 12.1. The molecule has 2 aromatic rings. The molecule has 0 fully saturated rings. The van der Waals surface area contributed by atoms with Crippen molar-refractivity contribution in [1.29, 1.82) is 10.5 Å². The summed E-state index contributed by atoms with van der Waals surface area (Å²) in [4.78, 5) is 25.3. The third-order valence-electron chi connectivity index (χ3n) is 2.96. The van der Waals surface area contributed by atoms with Crippen LogP contribution < -0.4 is 5.76 Å². The molecule has 0 N–H and O–H groups in total. The lowest BCUT2D eigenvalue weighted by molar-refractivity contribution is -0.132. The SMILES string of the molecule is N#CCCN(CCC#N)C(=O)Cn1nc(-c2ccco2)oc1=O. The van der Waals surface area contributed by atoms with E-state index in [-0.39, 0.29) is 44.1 Å². The van der Waals surface area contributed by atoms with Crippen molar-refractivity contribution >= 4 is 5.91 Å². The highest BCUT2D eigenvalue weighted by atomic mass is 16.4. The van der Waals surface area contributed by atoms with E-state index in [1.54, 1.807) is 12.1 Å². The number of nitriles is 2. The Labute approximate surface area is 130 Å². The van der Waals surface area contributed by atoms with Crippen molar-refractivity contribution in [3.63, 3.8) is 0 Å². The average molecular weight is 315 g/mol. The van der Waals surface area contributed by atoms with Crippen LogP contribution in [0.5, 0.6) is 0 Å². The smallest absolute Gasteiger partial charge is 0.437 e. The molecule has 0 aliphatic rings. The van der Waals surface area contributed by atoms with Crippen LogP contribution in [-0.4, -0.2) is 33.7 Å². The molecule has 0 aliphatic carbocycles. The number of nitrogens with zero attached hydrogens (tertiary/aromatic N) is 5. The van der Waals surface area contributed by atoms with Gasteiger partial charge in [0.15, 0.2) is 5.76 Å². The summed E-state index contributed by atoms with van der Waals surface area (Å²) in [6.45, 7) is 0.0449. The standard InChI is InChI=1S/C14H13N5O4/c15-5-2-7-18(8-3-6-16)12(20)10-19-14(21)23-13(17-19)11-4-1-9-22-11/h1,4,9H,2-3,7-8,10H2. The summed E-state index contributed by atoms with van der Waals surface area (Å²) in [5.41, 5.74) is 0. The lowest BCUT2D eigenvalue weighted by Crippen LogP contribution is -2.37. The van der Waals surface area contributed by atoms with Gasteiger partial charge in [-0.25, -0.2) is 4.79 Å². The van der Waals surface area contributed by atoms with E-state index in [0.717, 1.165) is 4.68 Å². The minimum atomic E-state index is -0.787. The molecule has 118 valence electrons. The normalized spacial score (nSPS) is 10.0. The van der Waals surface area contributed by atoms with Gasteiger partial charge in [0.2, 0.25) is 5.91 Å². The van der Waals surface area contributed by atoms with E-state index < -0.39 is 11.7 Å². The molecule has 2 rings (SSSR count). The molecule has 0 atom stereocenters. The van der Waals surface area contributed by atoms with Crippen LogP contribution >= 0.6 is 0 Å². The van der Waals surface area contributed by atoms with Gasteiger partial charge in [0.25, 0.3) is 5.89 Å². The predicted octanol–water partition coefficient (Wildman–Crippen LogP) is 0.752. The minimum absolute atomic E-state index is 0.0200. The summed E-state index contributed by atoms with van der Waals surface area (Å²) in [7, 11) is 0. The molecular formula is C14H13N5O4. The second kappa shape index (κ2) is 7.61. The van der Waals surface area contributed by atoms with Crippen LogP contribution in [-0.2, 0) is 11.3 Å². The molecule has 9 nitrogen and oxygen atoms in total. The van der Waals surface area contributed by atoms with E-state index in [4.69, 9.17) is 19.4 Å². The van der Waals surface area contributed by atoms with Crippen LogP contribution in [0.1, 0.15) is 12.8 Å². The molecule has 0 saturated heterocycles. The van der Waals surface area contributed by atoms with Gasteiger partial charge < -0.3 is 13.7 Å². The number of amides is 1. The summed E-state index contributed by atoms with van der Waals surface area (Å²) in [5, 5.41) is 21.1. The third-order valence-corrected chi connectivity index (χ3v) is 2.96. The molecule has 9 heteroatoms. The first-order valence-electron chi connectivity index (χ1n) is 6.79. The zero-order valence-electron chi connectivity index (χ0n) is 12.1. The Bertz CT molecular complexity index is 772. The van der Waals surface area contributed by atoms with Crippen LogP contribution in [0.3, 0.4) is 0 Å². The van der Waals surface area contributed by atoms with Crippen molar-refractivity contribution < 1.29 is 13.6 Å². The summed E-state index contributed by atoms with van der Waals surface area (Å²) >= 11 is 0. The summed E-state index contributed by atoms with van der Waals surface area (Å²) in [6.07, 6.45) is 1.69. The van der Waals surface area contributed by atoms with Crippen molar-refractivity contribution in [3.05, 3.63) is 28.9 Å². The number of hydrogen-bond acceptors (Lipinski definition) is 7. The van der Waals surface area contributed by atoms with Crippen molar-refractivity contribution in [2.75, 3.05) is 13.1 Å². The minimum Gasteiger partial charge on any atom is -0.459 e. The number of carbonyl (C=O) groups excluding carboxylic acids is 1. The van der Waals surface area contributed by atoms with Gasteiger partial charge in [0.1, 0.15) is 6.54 Å². The van der Waals surface area contributed by atoms with Gasteiger partial charge in [-0.1, -0.05) is 0 Å². The van der Waals surface area contributed by atoms with Crippen molar-refractivity contribution in [3.8, 4) is 23.8 Å². The molecule has 2 aromatic heterocycles. The first-order valence-corrected chi connectivity index (χ1v) is 6.79. The highest BCUT2D eigenvalue weighted by molar-refractivity contribution is 5.75. The number of rotatable bonds is 7. The zero-order chi connectivity index (χ0) is 16.7. The topological polar surface area (TPSA) is 129 Å². The Kier molecular flexibility index (Phi) is 5.31. The number of carbonyl (C=O) groups is 1. The Morgan fingerprint density at radius 1 is 1.30 bits per heavy atom. The van der Waals surface area contributed by atoms with Gasteiger partial charge in [-0.2, -0.15) is 15.2 Å². The molecule has 0 bridgehead atoms. The number of furan rings is 1. The summed E-state index contributed by atoms with van der Waals surface area (Å²) < 4.78 is 10.9. The van der Waals surface area contributed by atoms with E-state index >= 15 is 0 Å². The molecule has 23 heavy (non-hydrogen) atoms. The summed E-state index contributed by atoms with van der Waals surface area (Å²) in [6, 6.07) is 7.06. The molecular weight excluding hydrogens is 302 g/mol. The number of hydrogen-bond donors (Lipinski definition) is 0. The van der Waals surface area contributed by atoms with Crippen LogP contribution in [0, 0.1) is 22.7 Å². The molecule has 0 saturated carbocycles. The molecule has 0 aromatic carbocycles. The van der Waals surface area contributed by atoms with Crippen molar-refractivity contribution in [1.82, 2.24) is 14.7 Å². The van der Waals surface area contributed by atoms with Gasteiger partial charge in [-0.3, -0.25) is 4.79 Å². The van der Waals surface area contributed by atoms with E-state index in [0.29, 0.717) is 0 Å². The van der Waals surface area contributed by atoms with Gasteiger partial charge >= 0.3 is 5.76 Å². The molecule has 0 spiro atoms. The van der Waals surface area contributed by atoms with Gasteiger partial charge in [-0.05, 0) is 12.1 Å². The van der Waals surface area contributed by atoms with Gasteiger partial charge in [0.05, 0.1) is 31.2 Å². The second-order valence-corrected chi connectivity index (χ2v) is 4.51. The maximum absolute atomic E-state index is 12.2. The Balaban J connectivity index is 2.10. The molecule has 0 radical (unpaired) electrons. The predicted molar refractivity (Wildman–Crippen MR) is 75.5 cm³/mol. The fourth-order valence-electron chi connectivity index (χ4n) is 1.87. The first-order chi connectivity index (χ1) is 11.2. The maximum atomic E-state index is 12.2. The van der Waals surface area contributed by atoms with Crippen LogP contribution in [0.4, 0.5) is 0 Å². The van der Waals surface area contributed by atoms with E-state index in [2.05, 4.69) is 5.10 Å². The largest absolute Gasteiger partial charge is 0.459 e. The molecule has 0 unspecified atom stereocenters. The van der Waals surface area contributed by atoms with Gasteiger partial charge in [-0.15, -0.1) is 5.10 Å². The quantitative estimate of drug-likeness (QED) is 0.737. The lowest BCUT2D eigenvalue weighted by atomic mass is 10.3. The van der Waals surface area contributed by atoms with E-state index in [1.807, 2.05) is 12.1 Å². The van der Waals surface area contributed by atoms with E-state index in [9.17, 15) is 9.59 Å². The highest BCUT2D eigenvalue weighted by Crippen LogP contribution is 2.15. The van der Waals surface area contributed by atoms with Gasteiger partial charge in [0, 0.05) is 13.1 Å². The number of aromatic nitrogens is 2. The Morgan fingerprint density at radius 3 is 2.57 bits per heavy atom. The first kappa shape index (κ1) is 16.0. The Hall–Kier alpha value is -3.33. The fourth-order valence-corrected chi connectivity index (χ4v) is 1.87. The average Bonchev–Trinajstić information content (AvgIpc) is 3.18. The Morgan fingerprint density at radius 2 is 2.00 bits per heavy atom. The van der Waals surface area contributed by atoms with Crippen LogP contribution in [0.15, 0.2) is 32.0 Å². The van der Waals surface area contributed by atoms with Crippen LogP contribution in [0.2, 0.25) is 0 Å². The highest BCUT2D eigenvalue weighted by Gasteiger charge is 2.18. The molecule has 0 aliphatic heterocycles. The van der Waals surface area contributed by atoms with Crippen LogP contribution in [0.25, 0.3) is 11.7 Å².